The largest absolute Gasteiger partial charge is 0.497 e. The molecule has 0 fully saturated rings. The lowest BCUT2D eigenvalue weighted by atomic mass is 9.94. The number of ether oxygens (including phenoxy) is 1. The van der Waals surface area contributed by atoms with Crippen LogP contribution in [0.5, 0.6) is 5.75 Å². The predicted molar refractivity (Wildman–Crippen MR) is 175 cm³/mol. The molecule has 10 nitrogen and oxygen atoms in total. The summed E-state index contributed by atoms with van der Waals surface area (Å²) in [7, 11) is 1.48. The molecule has 1 aliphatic heterocycles. The number of hydrogen-bond acceptors (Lipinski definition) is 8. The number of pyridine rings is 2. The second kappa shape index (κ2) is 15.7. The number of amides is 1. The van der Waals surface area contributed by atoms with Crippen molar-refractivity contribution in [1.29, 1.82) is 0 Å². The highest BCUT2D eigenvalue weighted by Crippen LogP contribution is 2.29. The molecule has 236 valence electrons. The number of hydrogen-bond donors (Lipinski definition) is 3. The molecule has 0 radical (unpaired) electrons. The van der Waals surface area contributed by atoms with Crippen LogP contribution in [0.1, 0.15) is 52.2 Å². The predicted octanol–water partition coefficient (Wildman–Crippen LogP) is 4.69. The number of nitrogens with one attached hydrogen (secondary N) is 2. The molecule has 5 rings (SSSR count). The molecular formula is C30H35Cl3FN7O3. The lowest BCUT2D eigenvalue weighted by molar-refractivity contribution is -0.124. The van der Waals surface area contributed by atoms with E-state index in [9.17, 15) is 9.59 Å². The minimum Gasteiger partial charge on any atom is -0.497 e. The quantitative estimate of drug-likeness (QED) is 0.234. The number of carbonyl (C=O) groups is 1. The Hall–Kier alpha value is -3.93. The van der Waals surface area contributed by atoms with Crippen molar-refractivity contribution < 1.29 is 13.9 Å². The third-order valence-corrected chi connectivity index (χ3v) is 7.38. The number of rotatable bonds is 9. The summed E-state index contributed by atoms with van der Waals surface area (Å²) in [5, 5.41) is 6.03. The van der Waals surface area contributed by atoms with Crippen LogP contribution in [0, 0.1) is 19.7 Å². The summed E-state index contributed by atoms with van der Waals surface area (Å²) in [5.41, 5.74) is 9.59. The van der Waals surface area contributed by atoms with Gasteiger partial charge in [0.15, 0.2) is 5.82 Å². The van der Waals surface area contributed by atoms with Crippen LogP contribution in [-0.4, -0.2) is 39.1 Å². The van der Waals surface area contributed by atoms with Gasteiger partial charge in [-0.3, -0.25) is 19.1 Å². The summed E-state index contributed by atoms with van der Waals surface area (Å²) < 4.78 is 21.8. The van der Waals surface area contributed by atoms with Crippen molar-refractivity contribution in [3.05, 3.63) is 105 Å². The van der Waals surface area contributed by atoms with Crippen molar-refractivity contribution in [3.63, 3.8) is 0 Å². The van der Waals surface area contributed by atoms with Crippen LogP contribution in [0.4, 0.5) is 16.0 Å². The van der Waals surface area contributed by atoms with E-state index in [4.69, 9.17) is 10.5 Å². The molecule has 0 unspecified atom stereocenters. The average Bonchev–Trinajstić information content (AvgIpc) is 3.40. The zero-order valence-electron chi connectivity index (χ0n) is 24.4. The summed E-state index contributed by atoms with van der Waals surface area (Å²) in [6.45, 7) is 4.18. The highest BCUT2D eigenvalue weighted by atomic mass is 35.5. The third kappa shape index (κ3) is 7.77. The van der Waals surface area contributed by atoms with Gasteiger partial charge in [0.05, 0.1) is 7.11 Å². The van der Waals surface area contributed by atoms with E-state index in [0.717, 1.165) is 16.8 Å². The van der Waals surface area contributed by atoms with Crippen LogP contribution in [-0.2, 0) is 17.8 Å². The molecule has 14 heteroatoms. The molecule has 4 N–H and O–H groups in total. The number of anilines is 2. The minimum atomic E-state index is -0.670. The number of nitrogens with zero attached hydrogens (tertiary/aromatic N) is 4. The van der Waals surface area contributed by atoms with E-state index in [0.29, 0.717) is 41.4 Å². The van der Waals surface area contributed by atoms with Gasteiger partial charge in [0.25, 0.3) is 5.56 Å². The van der Waals surface area contributed by atoms with E-state index in [1.54, 1.807) is 30.6 Å². The number of aryl methyl sites for hydroxylation is 3. The smallest absolute Gasteiger partial charge is 0.294 e. The van der Waals surface area contributed by atoms with E-state index in [-0.39, 0.29) is 62.0 Å². The summed E-state index contributed by atoms with van der Waals surface area (Å²) in [6, 6.07) is 11.3. The third-order valence-electron chi connectivity index (χ3n) is 7.38. The van der Waals surface area contributed by atoms with Gasteiger partial charge in [0.2, 0.25) is 5.91 Å². The Morgan fingerprint density at radius 1 is 1.11 bits per heavy atom. The first-order valence-corrected chi connectivity index (χ1v) is 13.3. The summed E-state index contributed by atoms with van der Waals surface area (Å²) in [6.07, 6.45) is 4.36. The van der Waals surface area contributed by atoms with Crippen molar-refractivity contribution in [2.45, 2.75) is 45.2 Å². The molecule has 0 spiro atoms. The van der Waals surface area contributed by atoms with Crippen LogP contribution in [0.15, 0.2) is 59.7 Å². The molecule has 3 aromatic heterocycles. The Bertz CT molecular complexity index is 1650. The van der Waals surface area contributed by atoms with Gasteiger partial charge in [-0.1, -0.05) is 18.2 Å². The van der Waals surface area contributed by atoms with Gasteiger partial charge >= 0.3 is 0 Å². The van der Waals surface area contributed by atoms with Crippen molar-refractivity contribution in [1.82, 2.24) is 24.8 Å². The average molecular weight is 667 g/mol. The lowest BCUT2D eigenvalue weighted by Crippen LogP contribution is -2.36. The van der Waals surface area contributed by atoms with Gasteiger partial charge < -0.3 is 21.1 Å². The van der Waals surface area contributed by atoms with Crippen molar-refractivity contribution >= 4 is 54.8 Å². The van der Waals surface area contributed by atoms with E-state index in [1.165, 1.54) is 17.7 Å². The number of benzene rings is 1. The van der Waals surface area contributed by atoms with Gasteiger partial charge in [-0.05, 0) is 61.6 Å². The van der Waals surface area contributed by atoms with Gasteiger partial charge in [0, 0.05) is 54.5 Å². The summed E-state index contributed by atoms with van der Waals surface area (Å²) in [5.74, 6) is -0.325. The van der Waals surface area contributed by atoms with E-state index in [1.807, 2.05) is 32.0 Å². The van der Waals surface area contributed by atoms with E-state index in [2.05, 4.69) is 25.6 Å². The van der Waals surface area contributed by atoms with Crippen LogP contribution < -0.4 is 26.7 Å². The number of nitrogen functional groups attached to an aromatic ring is 1. The first kappa shape index (κ1) is 36.3. The Morgan fingerprint density at radius 2 is 1.89 bits per heavy atom. The summed E-state index contributed by atoms with van der Waals surface area (Å²) in [4.78, 5) is 39.8. The maximum absolute atomic E-state index is 15.1. The Morgan fingerprint density at radius 3 is 2.55 bits per heavy atom. The molecule has 0 aliphatic carbocycles. The van der Waals surface area contributed by atoms with Gasteiger partial charge in [-0.15, -0.1) is 37.2 Å². The zero-order valence-corrected chi connectivity index (χ0v) is 26.8. The first-order valence-electron chi connectivity index (χ1n) is 13.3. The SMILES string of the molecule is COc1ccc([C@@H](CNc2ncc3n(c2=O)[C@H](C(=O)NCc2ccc(N)nc2C)CC3)c2ccc(C)cn2)c(F)c1.Cl.Cl.Cl. The topological polar surface area (TPSA) is 137 Å². The molecule has 2 atom stereocenters. The highest BCUT2D eigenvalue weighted by Gasteiger charge is 2.31. The van der Waals surface area contributed by atoms with E-state index >= 15 is 4.39 Å². The molecule has 4 heterocycles. The van der Waals surface area contributed by atoms with Crippen LogP contribution in [0.2, 0.25) is 0 Å². The standard InChI is InChI=1S/C30H32FN7O3.3ClH/c1-17-4-9-25(33-13-17)23(22-8-7-21(41-3)12-24(22)31)16-35-28-30(40)38-20(15-34-28)6-10-26(38)29(39)36-14-19-5-11-27(32)37-18(19)2;;;/h4-5,7-9,11-13,15,23,26H,6,10,14,16H2,1-3H3,(H2,32,37)(H,34,35)(H,36,39);3*1H/t23-,26+;;;/m1.../s1. The van der Waals surface area contributed by atoms with Gasteiger partial charge in [0.1, 0.15) is 23.4 Å². The van der Waals surface area contributed by atoms with Crippen molar-refractivity contribution in [2.75, 3.05) is 24.7 Å². The molecular weight excluding hydrogens is 632 g/mol. The summed E-state index contributed by atoms with van der Waals surface area (Å²) >= 11 is 0. The van der Waals surface area contributed by atoms with Crippen LogP contribution in [0.3, 0.4) is 0 Å². The fourth-order valence-electron chi connectivity index (χ4n) is 5.08. The number of carbonyl (C=O) groups excluding carboxylic acids is 1. The number of fused-ring (bicyclic) bond motifs is 1. The monoisotopic (exact) mass is 665 g/mol. The maximum atomic E-state index is 15.1. The van der Waals surface area contributed by atoms with Gasteiger partial charge in [-0.25, -0.2) is 14.4 Å². The lowest BCUT2D eigenvalue weighted by Gasteiger charge is -2.20. The Balaban J connectivity index is 0.00000225. The van der Waals surface area contributed by atoms with Gasteiger partial charge in [-0.2, -0.15) is 0 Å². The van der Waals surface area contributed by atoms with Crippen molar-refractivity contribution in [2.24, 2.45) is 0 Å². The number of aromatic nitrogens is 4. The van der Waals surface area contributed by atoms with Crippen LogP contribution >= 0.6 is 37.2 Å². The molecule has 4 aromatic rings. The van der Waals surface area contributed by atoms with Crippen molar-refractivity contribution in [3.8, 4) is 5.75 Å². The number of methoxy groups -OCH3 is 1. The first-order chi connectivity index (χ1) is 19.7. The molecule has 0 saturated carbocycles. The molecule has 1 aromatic carbocycles. The highest BCUT2D eigenvalue weighted by molar-refractivity contribution is 5.86. The molecule has 0 saturated heterocycles. The zero-order chi connectivity index (χ0) is 29.1. The number of halogens is 4. The molecule has 1 aliphatic rings. The van der Waals surface area contributed by atoms with E-state index < -0.39 is 23.3 Å². The molecule has 44 heavy (non-hydrogen) atoms. The second-order valence-electron chi connectivity index (χ2n) is 10.1. The minimum absolute atomic E-state index is 0. The molecule has 0 bridgehead atoms. The second-order valence-corrected chi connectivity index (χ2v) is 10.1. The fourth-order valence-corrected chi connectivity index (χ4v) is 5.08. The Kier molecular flexibility index (Phi) is 12.9. The number of nitrogens with two attached hydrogens (primary N) is 1. The Labute approximate surface area is 273 Å². The molecule has 1 amide bonds. The fraction of sp³-hybridized carbons (Fsp3) is 0.300. The maximum Gasteiger partial charge on any atom is 0.294 e. The van der Waals surface area contributed by atoms with Crippen LogP contribution in [0.25, 0.3) is 0 Å². The normalized spacial score (nSPS) is 13.8.